The summed E-state index contributed by atoms with van der Waals surface area (Å²) in [5.74, 6) is 0.286. The van der Waals surface area contributed by atoms with Gasteiger partial charge in [-0.15, -0.1) is 32.9 Å². The maximum absolute atomic E-state index is 12.0. The molecule has 1 N–H and O–H groups in total. The third-order valence-corrected chi connectivity index (χ3v) is 6.33. The molecule has 0 fully saturated rings. The Morgan fingerprint density at radius 3 is 3.00 bits per heavy atom. The van der Waals surface area contributed by atoms with Crippen molar-refractivity contribution in [3.8, 4) is 0 Å². The van der Waals surface area contributed by atoms with Gasteiger partial charge in [-0.05, 0) is 30.0 Å². The Balaban J connectivity index is 1.44. The van der Waals surface area contributed by atoms with Crippen LogP contribution in [-0.2, 0) is 24.3 Å². The SMILES string of the molecule is O=C(CSc1nncn1CCc1cccs1)NCc1ccc(Cl)s1. The Hall–Kier alpha value is -1.35. The molecule has 126 valence electrons. The van der Waals surface area contributed by atoms with E-state index >= 15 is 0 Å². The molecular weight excluding hydrogens is 384 g/mol. The summed E-state index contributed by atoms with van der Waals surface area (Å²) >= 11 is 10.5. The van der Waals surface area contributed by atoms with Crippen molar-refractivity contribution in [3.05, 3.63) is 50.1 Å². The minimum Gasteiger partial charge on any atom is -0.350 e. The van der Waals surface area contributed by atoms with Crippen molar-refractivity contribution in [2.24, 2.45) is 0 Å². The third-order valence-electron chi connectivity index (χ3n) is 3.18. The number of aromatic nitrogens is 3. The maximum Gasteiger partial charge on any atom is 0.230 e. The van der Waals surface area contributed by atoms with Gasteiger partial charge in [0, 0.05) is 16.3 Å². The van der Waals surface area contributed by atoms with Gasteiger partial charge in [-0.1, -0.05) is 29.4 Å². The van der Waals surface area contributed by atoms with E-state index in [9.17, 15) is 4.79 Å². The maximum atomic E-state index is 12.0. The van der Waals surface area contributed by atoms with Crippen LogP contribution in [0.15, 0.2) is 41.1 Å². The van der Waals surface area contributed by atoms with E-state index in [4.69, 9.17) is 11.6 Å². The monoisotopic (exact) mass is 398 g/mol. The lowest BCUT2D eigenvalue weighted by Gasteiger charge is -2.06. The molecule has 0 aliphatic rings. The number of nitrogens with zero attached hydrogens (tertiary/aromatic N) is 3. The van der Waals surface area contributed by atoms with Crippen molar-refractivity contribution in [1.82, 2.24) is 20.1 Å². The standard InChI is InChI=1S/C15H15ClN4OS3/c16-13-4-3-12(24-13)8-17-14(21)9-23-15-19-18-10-20(15)6-5-11-2-1-7-22-11/h1-4,7,10H,5-6,8-9H2,(H,17,21). The van der Waals surface area contributed by atoms with Crippen molar-refractivity contribution in [3.63, 3.8) is 0 Å². The second-order valence-corrected chi connectivity index (χ2v) is 8.68. The van der Waals surface area contributed by atoms with Crippen LogP contribution in [0.25, 0.3) is 0 Å². The number of rotatable bonds is 8. The number of carbonyl (C=O) groups is 1. The number of hydrogen-bond donors (Lipinski definition) is 1. The van der Waals surface area contributed by atoms with Gasteiger partial charge >= 0.3 is 0 Å². The number of hydrogen-bond acceptors (Lipinski definition) is 6. The predicted molar refractivity (Wildman–Crippen MR) is 99.9 cm³/mol. The third kappa shape index (κ3) is 5.07. The molecule has 0 aliphatic carbocycles. The topological polar surface area (TPSA) is 59.8 Å². The lowest BCUT2D eigenvalue weighted by Crippen LogP contribution is -2.24. The Morgan fingerprint density at radius 1 is 1.33 bits per heavy atom. The van der Waals surface area contributed by atoms with Gasteiger partial charge in [0.05, 0.1) is 16.6 Å². The van der Waals surface area contributed by atoms with Crippen LogP contribution in [0.1, 0.15) is 9.75 Å². The molecule has 0 spiro atoms. The predicted octanol–water partition coefficient (Wildman–Crippen LogP) is 3.71. The van der Waals surface area contributed by atoms with Gasteiger partial charge in [0.2, 0.25) is 5.91 Å². The van der Waals surface area contributed by atoms with Gasteiger partial charge in [-0.3, -0.25) is 4.79 Å². The number of aryl methyl sites for hydroxylation is 2. The van der Waals surface area contributed by atoms with E-state index in [1.165, 1.54) is 28.0 Å². The van der Waals surface area contributed by atoms with Crippen molar-refractivity contribution in [1.29, 1.82) is 0 Å². The molecule has 5 nitrogen and oxygen atoms in total. The molecule has 24 heavy (non-hydrogen) atoms. The summed E-state index contributed by atoms with van der Waals surface area (Å²) in [6, 6.07) is 7.92. The first-order chi connectivity index (χ1) is 11.7. The fourth-order valence-electron chi connectivity index (χ4n) is 2.01. The summed E-state index contributed by atoms with van der Waals surface area (Å²) in [7, 11) is 0. The largest absolute Gasteiger partial charge is 0.350 e. The molecule has 0 radical (unpaired) electrons. The molecule has 3 rings (SSSR count). The van der Waals surface area contributed by atoms with E-state index in [1.54, 1.807) is 17.7 Å². The minimum absolute atomic E-state index is 0.0303. The van der Waals surface area contributed by atoms with Crippen LogP contribution >= 0.6 is 46.0 Å². The van der Waals surface area contributed by atoms with E-state index < -0.39 is 0 Å². The molecule has 0 saturated carbocycles. The van der Waals surface area contributed by atoms with Crippen LogP contribution < -0.4 is 5.32 Å². The zero-order valence-corrected chi connectivity index (χ0v) is 15.9. The number of nitrogens with one attached hydrogen (secondary N) is 1. The van der Waals surface area contributed by atoms with Crippen LogP contribution in [0.5, 0.6) is 0 Å². The van der Waals surface area contributed by atoms with Gasteiger partial charge in [-0.25, -0.2) is 0 Å². The Labute approximate surface area is 157 Å². The smallest absolute Gasteiger partial charge is 0.230 e. The van der Waals surface area contributed by atoms with Gasteiger partial charge in [0.25, 0.3) is 0 Å². The average Bonchev–Trinajstić information content (AvgIpc) is 3.31. The number of thiophene rings is 2. The molecule has 0 aliphatic heterocycles. The highest BCUT2D eigenvalue weighted by atomic mass is 35.5. The zero-order chi connectivity index (χ0) is 16.8. The summed E-state index contributed by atoms with van der Waals surface area (Å²) in [5.41, 5.74) is 0. The molecule has 1 amide bonds. The fraction of sp³-hybridized carbons (Fsp3) is 0.267. The lowest BCUT2D eigenvalue weighted by molar-refractivity contribution is -0.118. The first kappa shape index (κ1) is 17.5. The van der Waals surface area contributed by atoms with Crippen LogP contribution in [0.3, 0.4) is 0 Å². The van der Waals surface area contributed by atoms with Crippen LogP contribution in [0.4, 0.5) is 0 Å². The average molecular weight is 399 g/mol. The molecule has 0 saturated heterocycles. The van der Waals surface area contributed by atoms with E-state index in [1.807, 2.05) is 22.8 Å². The second kappa shape index (κ2) is 8.66. The number of amides is 1. The van der Waals surface area contributed by atoms with Crippen LogP contribution in [0.2, 0.25) is 4.34 Å². The van der Waals surface area contributed by atoms with E-state index in [0.717, 1.165) is 27.3 Å². The van der Waals surface area contributed by atoms with E-state index in [0.29, 0.717) is 12.3 Å². The normalized spacial score (nSPS) is 10.9. The first-order valence-electron chi connectivity index (χ1n) is 7.24. The molecule has 9 heteroatoms. The van der Waals surface area contributed by atoms with Crippen LogP contribution in [-0.4, -0.2) is 26.4 Å². The quantitative estimate of drug-likeness (QED) is 0.587. The molecule has 3 aromatic rings. The Morgan fingerprint density at radius 2 is 2.25 bits per heavy atom. The van der Waals surface area contributed by atoms with E-state index in [-0.39, 0.29) is 5.91 Å². The fourth-order valence-corrected chi connectivity index (χ4v) is 4.51. The summed E-state index contributed by atoms with van der Waals surface area (Å²) < 4.78 is 2.71. The van der Waals surface area contributed by atoms with E-state index in [2.05, 4.69) is 27.0 Å². The molecule has 3 heterocycles. The van der Waals surface area contributed by atoms with Gasteiger partial charge < -0.3 is 9.88 Å². The number of halogens is 1. The molecule has 3 aromatic heterocycles. The molecule has 0 bridgehead atoms. The van der Waals surface area contributed by atoms with Gasteiger partial charge in [0.15, 0.2) is 5.16 Å². The van der Waals surface area contributed by atoms with Gasteiger partial charge in [-0.2, -0.15) is 0 Å². The summed E-state index contributed by atoms with van der Waals surface area (Å²) in [6.45, 7) is 1.31. The van der Waals surface area contributed by atoms with Crippen molar-refractivity contribution in [2.75, 3.05) is 5.75 Å². The zero-order valence-electron chi connectivity index (χ0n) is 12.6. The summed E-state index contributed by atoms with van der Waals surface area (Å²) in [5, 5.41) is 13.8. The molecule has 0 unspecified atom stereocenters. The highest BCUT2D eigenvalue weighted by Crippen LogP contribution is 2.21. The minimum atomic E-state index is -0.0303. The van der Waals surface area contributed by atoms with Crippen molar-refractivity contribution in [2.45, 2.75) is 24.7 Å². The lowest BCUT2D eigenvalue weighted by atomic mass is 10.3. The van der Waals surface area contributed by atoms with Crippen molar-refractivity contribution >= 4 is 51.9 Å². The van der Waals surface area contributed by atoms with Crippen LogP contribution in [0, 0.1) is 0 Å². The Kier molecular flexibility index (Phi) is 6.30. The second-order valence-electron chi connectivity index (χ2n) is 4.91. The highest BCUT2D eigenvalue weighted by molar-refractivity contribution is 7.99. The molecule has 0 aromatic carbocycles. The molecule has 0 atom stereocenters. The Bertz CT molecular complexity index is 784. The molecular formula is C15H15ClN4OS3. The van der Waals surface area contributed by atoms with Crippen molar-refractivity contribution < 1.29 is 4.79 Å². The number of thioether (sulfide) groups is 1. The highest BCUT2D eigenvalue weighted by Gasteiger charge is 2.09. The summed E-state index contributed by atoms with van der Waals surface area (Å²) in [4.78, 5) is 14.3. The number of carbonyl (C=O) groups excluding carboxylic acids is 1. The summed E-state index contributed by atoms with van der Waals surface area (Å²) in [6.07, 6.45) is 2.65. The van der Waals surface area contributed by atoms with Gasteiger partial charge in [0.1, 0.15) is 6.33 Å². The first-order valence-corrected chi connectivity index (χ1v) is 10.3.